The summed E-state index contributed by atoms with van der Waals surface area (Å²) in [6.07, 6.45) is -0.800. The fourth-order valence-electron chi connectivity index (χ4n) is 2.68. The number of nitrogens with one attached hydrogen (secondary N) is 2. The Labute approximate surface area is 159 Å². The van der Waals surface area contributed by atoms with Crippen molar-refractivity contribution < 1.29 is 18.7 Å². The SMILES string of the molecule is CC(=O)N[C@@H](Cc1cc(F)cc(F)c1)[C@@H](O)CNCc1cccc(Br)c1. The van der Waals surface area contributed by atoms with Gasteiger partial charge in [-0.3, -0.25) is 4.79 Å². The second kappa shape index (κ2) is 9.75. The van der Waals surface area contributed by atoms with E-state index in [0.29, 0.717) is 12.1 Å². The van der Waals surface area contributed by atoms with Crippen molar-refractivity contribution in [1.82, 2.24) is 10.6 Å². The Morgan fingerprint density at radius 1 is 1.15 bits per heavy atom. The molecule has 2 aromatic carbocycles. The number of aliphatic hydroxyl groups is 1. The van der Waals surface area contributed by atoms with Crippen LogP contribution in [-0.4, -0.2) is 29.7 Å². The molecule has 0 spiro atoms. The largest absolute Gasteiger partial charge is 0.390 e. The first-order valence-corrected chi connectivity index (χ1v) is 8.98. The molecule has 2 rings (SSSR count). The molecule has 140 valence electrons. The number of carbonyl (C=O) groups excluding carboxylic acids is 1. The maximum atomic E-state index is 13.4. The van der Waals surface area contributed by atoms with Gasteiger partial charge in [-0.05, 0) is 41.8 Å². The zero-order valence-corrected chi connectivity index (χ0v) is 15.9. The Kier molecular flexibility index (Phi) is 7.68. The number of aliphatic hydroxyl groups excluding tert-OH is 1. The van der Waals surface area contributed by atoms with Crippen LogP contribution in [0.1, 0.15) is 18.1 Å². The van der Waals surface area contributed by atoms with Gasteiger partial charge in [0.25, 0.3) is 0 Å². The number of hydrogen-bond acceptors (Lipinski definition) is 3. The van der Waals surface area contributed by atoms with Crippen molar-refractivity contribution in [1.29, 1.82) is 0 Å². The molecule has 7 heteroatoms. The van der Waals surface area contributed by atoms with Gasteiger partial charge in [0, 0.05) is 30.6 Å². The quantitative estimate of drug-likeness (QED) is 0.607. The molecule has 0 heterocycles. The summed E-state index contributed by atoms with van der Waals surface area (Å²) in [6, 6.07) is 10.3. The van der Waals surface area contributed by atoms with Crippen LogP contribution < -0.4 is 10.6 Å². The summed E-state index contributed by atoms with van der Waals surface area (Å²) in [4.78, 5) is 11.4. The third kappa shape index (κ3) is 6.82. The Bertz CT molecular complexity index is 738. The van der Waals surface area contributed by atoms with Crippen molar-refractivity contribution in [2.45, 2.75) is 32.0 Å². The summed E-state index contributed by atoms with van der Waals surface area (Å²) in [5.74, 6) is -1.70. The van der Waals surface area contributed by atoms with Gasteiger partial charge >= 0.3 is 0 Å². The van der Waals surface area contributed by atoms with Gasteiger partial charge in [0.1, 0.15) is 11.6 Å². The number of amides is 1. The zero-order chi connectivity index (χ0) is 19.1. The van der Waals surface area contributed by atoms with Gasteiger partial charge in [-0.25, -0.2) is 8.78 Å². The van der Waals surface area contributed by atoms with Gasteiger partial charge in [0.05, 0.1) is 12.1 Å². The Hall–Kier alpha value is -1.83. The first-order valence-electron chi connectivity index (χ1n) is 8.19. The molecule has 2 atom stereocenters. The molecule has 3 N–H and O–H groups in total. The maximum absolute atomic E-state index is 13.4. The number of carbonyl (C=O) groups is 1. The third-order valence-electron chi connectivity index (χ3n) is 3.80. The molecule has 0 fully saturated rings. The summed E-state index contributed by atoms with van der Waals surface area (Å²) in [5, 5.41) is 16.2. The van der Waals surface area contributed by atoms with Gasteiger partial charge in [0.2, 0.25) is 5.91 Å². The predicted molar refractivity (Wildman–Crippen MR) is 99.5 cm³/mol. The van der Waals surface area contributed by atoms with Crippen LogP contribution in [0.4, 0.5) is 8.78 Å². The standard InChI is InChI=1S/C19H21BrF2N2O2/c1-12(25)24-18(8-14-6-16(21)9-17(22)7-14)19(26)11-23-10-13-3-2-4-15(20)5-13/h2-7,9,18-19,23,26H,8,10-11H2,1H3,(H,24,25)/t18-,19-/m0/s1. The molecule has 0 aromatic heterocycles. The molecule has 4 nitrogen and oxygen atoms in total. The van der Waals surface area contributed by atoms with E-state index in [4.69, 9.17) is 0 Å². The molecular formula is C19H21BrF2N2O2. The molecule has 0 aliphatic carbocycles. The van der Waals surface area contributed by atoms with E-state index in [9.17, 15) is 18.7 Å². The fraction of sp³-hybridized carbons (Fsp3) is 0.316. The minimum Gasteiger partial charge on any atom is -0.390 e. The van der Waals surface area contributed by atoms with Crippen molar-refractivity contribution in [3.8, 4) is 0 Å². The highest BCUT2D eigenvalue weighted by Crippen LogP contribution is 2.13. The predicted octanol–water partition coefficient (Wildman–Crippen LogP) is 2.93. The van der Waals surface area contributed by atoms with E-state index in [0.717, 1.165) is 16.1 Å². The molecule has 2 aromatic rings. The molecule has 0 unspecified atom stereocenters. The topological polar surface area (TPSA) is 61.4 Å². The molecular weight excluding hydrogens is 406 g/mol. The van der Waals surface area contributed by atoms with E-state index < -0.39 is 23.8 Å². The summed E-state index contributed by atoms with van der Waals surface area (Å²) < 4.78 is 27.7. The Balaban J connectivity index is 1.97. The Morgan fingerprint density at radius 2 is 1.85 bits per heavy atom. The van der Waals surface area contributed by atoms with Gasteiger partial charge < -0.3 is 15.7 Å². The fourth-order valence-corrected chi connectivity index (χ4v) is 3.13. The summed E-state index contributed by atoms with van der Waals surface area (Å²) in [5.41, 5.74) is 1.40. The van der Waals surface area contributed by atoms with Gasteiger partial charge in [0.15, 0.2) is 0 Å². The minimum atomic E-state index is -0.919. The van der Waals surface area contributed by atoms with Crippen molar-refractivity contribution in [2.75, 3.05) is 6.54 Å². The lowest BCUT2D eigenvalue weighted by Gasteiger charge is -2.24. The number of halogens is 3. The smallest absolute Gasteiger partial charge is 0.217 e. The first-order chi connectivity index (χ1) is 12.3. The van der Waals surface area contributed by atoms with E-state index in [1.807, 2.05) is 24.3 Å². The van der Waals surface area contributed by atoms with Gasteiger partial charge in [-0.15, -0.1) is 0 Å². The minimum absolute atomic E-state index is 0.119. The average molecular weight is 427 g/mol. The van der Waals surface area contributed by atoms with E-state index >= 15 is 0 Å². The first kappa shape index (κ1) is 20.5. The van der Waals surface area contributed by atoms with Crippen LogP contribution in [-0.2, 0) is 17.8 Å². The van der Waals surface area contributed by atoms with Crippen LogP contribution in [0.2, 0.25) is 0 Å². The molecule has 0 aliphatic heterocycles. The van der Waals surface area contributed by atoms with Gasteiger partial charge in [-0.1, -0.05) is 28.1 Å². The molecule has 0 aliphatic rings. The van der Waals surface area contributed by atoms with Crippen LogP contribution in [0.5, 0.6) is 0 Å². The number of rotatable bonds is 8. The monoisotopic (exact) mass is 426 g/mol. The third-order valence-corrected chi connectivity index (χ3v) is 4.30. The number of hydrogen-bond donors (Lipinski definition) is 3. The lowest BCUT2D eigenvalue weighted by molar-refractivity contribution is -0.120. The molecule has 26 heavy (non-hydrogen) atoms. The second-order valence-electron chi connectivity index (χ2n) is 6.12. The van der Waals surface area contributed by atoms with Crippen molar-refractivity contribution in [3.63, 3.8) is 0 Å². The van der Waals surface area contributed by atoms with Crippen molar-refractivity contribution in [3.05, 3.63) is 69.7 Å². The molecule has 0 radical (unpaired) electrons. The van der Waals surface area contributed by atoms with E-state index in [1.54, 1.807) is 0 Å². The lowest BCUT2D eigenvalue weighted by Crippen LogP contribution is -2.48. The molecule has 0 bridgehead atoms. The van der Waals surface area contributed by atoms with Crippen molar-refractivity contribution in [2.24, 2.45) is 0 Å². The van der Waals surface area contributed by atoms with Crippen LogP contribution in [0.3, 0.4) is 0 Å². The van der Waals surface area contributed by atoms with Gasteiger partial charge in [-0.2, -0.15) is 0 Å². The maximum Gasteiger partial charge on any atom is 0.217 e. The normalized spacial score (nSPS) is 13.3. The van der Waals surface area contributed by atoms with E-state index in [2.05, 4.69) is 26.6 Å². The molecule has 0 saturated heterocycles. The van der Waals surface area contributed by atoms with Crippen LogP contribution in [0, 0.1) is 11.6 Å². The lowest BCUT2D eigenvalue weighted by atomic mass is 10.0. The summed E-state index contributed by atoms with van der Waals surface area (Å²) in [6.45, 7) is 2.09. The number of benzene rings is 2. The summed E-state index contributed by atoms with van der Waals surface area (Å²) in [7, 11) is 0. The molecule has 1 amide bonds. The second-order valence-corrected chi connectivity index (χ2v) is 7.03. The highest BCUT2D eigenvalue weighted by atomic mass is 79.9. The van der Waals surface area contributed by atoms with E-state index in [1.165, 1.54) is 19.1 Å². The van der Waals surface area contributed by atoms with Crippen LogP contribution >= 0.6 is 15.9 Å². The highest BCUT2D eigenvalue weighted by molar-refractivity contribution is 9.10. The molecule has 0 saturated carbocycles. The van der Waals surface area contributed by atoms with Crippen LogP contribution in [0.15, 0.2) is 46.9 Å². The zero-order valence-electron chi connectivity index (χ0n) is 14.3. The van der Waals surface area contributed by atoms with Crippen LogP contribution in [0.25, 0.3) is 0 Å². The Morgan fingerprint density at radius 3 is 2.46 bits per heavy atom. The average Bonchev–Trinajstić information content (AvgIpc) is 2.53. The van der Waals surface area contributed by atoms with Crippen molar-refractivity contribution >= 4 is 21.8 Å². The van der Waals surface area contributed by atoms with E-state index in [-0.39, 0.29) is 18.9 Å². The highest BCUT2D eigenvalue weighted by Gasteiger charge is 2.21. The summed E-state index contributed by atoms with van der Waals surface area (Å²) >= 11 is 3.40.